The summed E-state index contributed by atoms with van der Waals surface area (Å²) in [5.74, 6) is -0.538. The van der Waals surface area contributed by atoms with Crippen molar-refractivity contribution in [2.75, 3.05) is 43.9 Å². The van der Waals surface area contributed by atoms with Gasteiger partial charge in [-0.2, -0.15) is 13.2 Å². The van der Waals surface area contributed by atoms with E-state index in [9.17, 15) is 27.6 Å². The topological polar surface area (TPSA) is 104 Å². The van der Waals surface area contributed by atoms with E-state index in [2.05, 4.69) is 15.6 Å². The highest BCUT2D eigenvalue weighted by Gasteiger charge is 2.31. The van der Waals surface area contributed by atoms with E-state index in [-0.39, 0.29) is 34.9 Å². The molecule has 0 aliphatic carbocycles. The predicted octanol–water partition coefficient (Wildman–Crippen LogP) is 3.05. The molecular formula is C20H22F3N5O4S. The number of halogens is 3. The number of rotatable bonds is 5. The minimum absolute atomic E-state index is 0.0411. The number of carbonyl (C=O) groups is 3. The van der Waals surface area contributed by atoms with Crippen molar-refractivity contribution in [2.24, 2.45) is 0 Å². The van der Waals surface area contributed by atoms with Gasteiger partial charge in [-0.15, -0.1) is 11.3 Å². The molecule has 1 aromatic heterocycles. The van der Waals surface area contributed by atoms with Gasteiger partial charge in [0.25, 0.3) is 0 Å². The Morgan fingerprint density at radius 1 is 1.12 bits per heavy atom. The molecule has 1 saturated heterocycles. The fourth-order valence-corrected chi connectivity index (χ4v) is 3.88. The van der Waals surface area contributed by atoms with Gasteiger partial charge in [0.15, 0.2) is 5.13 Å². The number of ether oxygens (including phenoxy) is 1. The molecule has 2 N–H and O–H groups in total. The number of methoxy groups -OCH3 is 1. The molecule has 33 heavy (non-hydrogen) atoms. The molecule has 2 aromatic rings. The summed E-state index contributed by atoms with van der Waals surface area (Å²) < 4.78 is 43.9. The standard InChI is InChI=1S/C20H22F3N5O4S/c1-12(29)27-5-7-28(8-6-27)19(31)26-18-24-14(11-33-18)10-17(30)25-15-9-13(20(21,22)23)3-4-16(15)32-2/h3-4,9,11H,5-8,10H2,1-2H3,(H,25,30)(H,24,26,31). The summed E-state index contributed by atoms with van der Waals surface area (Å²) in [6.07, 6.45) is -4.77. The Morgan fingerprint density at radius 3 is 2.39 bits per heavy atom. The average molecular weight is 485 g/mol. The maximum absolute atomic E-state index is 13.0. The van der Waals surface area contributed by atoms with Crippen LogP contribution in [0.5, 0.6) is 5.75 Å². The summed E-state index contributed by atoms with van der Waals surface area (Å²) in [6, 6.07) is 2.43. The Morgan fingerprint density at radius 2 is 1.79 bits per heavy atom. The number of amides is 4. The van der Waals surface area contributed by atoms with E-state index in [1.165, 1.54) is 14.0 Å². The second-order valence-corrected chi connectivity index (χ2v) is 8.06. The molecule has 1 aliphatic rings. The molecule has 178 valence electrons. The molecule has 0 spiro atoms. The van der Waals surface area contributed by atoms with Crippen LogP contribution < -0.4 is 15.4 Å². The number of thiazole rings is 1. The highest BCUT2D eigenvalue weighted by atomic mass is 32.1. The molecule has 0 bridgehead atoms. The monoisotopic (exact) mass is 485 g/mol. The van der Waals surface area contributed by atoms with Crippen molar-refractivity contribution in [3.8, 4) is 5.75 Å². The van der Waals surface area contributed by atoms with Gasteiger partial charge in [-0.3, -0.25) is 14.9 Å². The Labute approximate surface area is 191 Å². The third kappa shape index (κ3) is 6.34. The van der Waals surface area contributed by atoms with E-state index < -0.39 is 17.6 Å². The minimum Gasteiger partial charge on any atom is -0.495 e. The molecule has 4 amide bonds. The Balaban J connectivity index is 1.57. The average Bonchev–Trinajstić information content (AvgIpc) is 3.19. The molecule has 0 saturated carbocycles. The fourth-order valence-electron chi connectivity index (χ4n) is 3.18. The lowest BCUT2D eigenvalue weighted by atomic mass is 10.1. The second-order valence-electron chi connectivity index (χ2n) is 7.21. The normalized spacial score (nSPS) is 14.1. The van der Waals surface area contributed by atoms with E-state index in [4.69, 9.17) is 4.74 Å². The highest BCUT2D eigenvalue weighted by molar-refractivity contribution is 7.13. The van der Waals surface area contributed by atoms with E-state index in [0.29, 0.717) is 31.9 Å². The number of nitrogens with zero attached hydrogens (tertiary/aromatic N) is 3. The van der Waals surface area contributed by atoms with Crippen LogP contribution in [0.4, 0.5) is 28.8 Å². The van der Waals surface area contributed by atoms with Gasteiger partial charge in [0.1, 0.15) is 5.75 Å². The Hall–Kier alpha value is -3.35. The first-order chi connectivity index (χ1) is 15.6. The molecular weight excluding hydrogens is 463 g/mol. The first-order valence-electron chi connectivity index (χ1n) is 9.87. The van der Waals surface area contributed by atoms with Crippen molar-refractivity contribution in [3.05, 3.63) is 34.8 Å². The van der Waals surface area contributed by atoms with Crippen LogP contribution >= 0.6 is 11.3 Å². The number of piperazine rings is 1. The SMILES string of the molecule is COc1ccc(C(F)(F)F)cc1NC(=O)Cc1csc(NC(=O)N2CCN(C(C)=O)CC2)n1. The third-order valence-corrected chi connectivity index (χ3v) is 5.73. The Bertz CT molecular complexity index is 1030. The molecule has 1 fully saturated rings. The summed E-state index contributed by atoms with van der Waals surface area (Å²) in [6.45, 7) is 3.16. The first kappa shape index (κ1) is 24.3. The van der Waals surface area contributed by atoms with E-state index in [1.807, 2.05) is 0 Å². The largest absolute Gasteiger partial charge is 0.495 e. The van der Waals surface area contributed by atoms with Crippen molar-refractivity contribution < 1.29 is 32.3 Å². The lowest BCUT2D eigenvalue weighted by Crippen LogP contribution is -2.51. The molecule has 0 unspecified atom stereocenters. The van der Waals surface area contributed by atoms with E-state index >= 15 is 0 Å². The number of hydrogen-bond acceptors (Lipinski definition) is 6. The van der Waals surface area contributed by atoms with Gasteiger partial charge in [0.05, 0.1) is 30.5 Å². The number of nitrogens with one attached hydrogen (secondary N) is 2. The number of urea groups is 1. The summed E-state index contributed by atoms with van der Waals surface area (Å²) in [7, 11) is 1.29. The van der Waals surface area contributed by atoms with E-state index in [1.54, 1.807) is 15.2 Å². The summed E-state index contributed by atoms with van der Waals surface area (Å²) in [5, 5.41) is 6.93. The van der Waals surface area contributed by atoms with Crippen LogP contribution in [0.2, 0.25) is 0 Å². The van der Waals surface area contributed by atoms with Gasteiger partial charge in [0.2, 0.25) is 11.8 Å². The lowest BCUT2D eigenvalue weighted by molar-refractivity contribution is -0.137. The summed E-state index contributed by atoms with van der Waals surface area (Å²) >= 11 is 1.12. The molecule has 0 radical (unpaired) electrons. The van der Waals surface area contributed by atoms with Gasteiger partial charge in [0, 0.05) is 38.5 Å². The Kier molecular flexibility index (Phi) is 7.41. The molecule has 9 nitrogen and oxygen atoms in total. The van der Waals surface area contributed by atoms with Crippen LogP contribution in [0.25, 0.3) is 0 Å². The fraction of sp³-hybridized carbons (Fsp3) is 0.400. The maximum Gasteiger partial charge on any atom is 0.416 e. The van der Waals surface area contributed by atoms with Crippen LogP contribution in [-0.2, 0) is 22.2 Å². The molecule has 1 aromatic carbocycles. The molecule has 1 aliphatic heterocycles. The molecule has 3 rings (SSSR count). The third-order valence-electron chi connectivity index (χ3n) is 4.92. The lowest BCUT2D eigenvalue weighted by Gasteiger charge is -2.33. The van der Waals surface area contributed by atoms with Gasteiger partial charge in [-0.25, -0.2) is 9.78 Å². The van der Waals surface area contributed by atoms with E-state index in [0.717, 1.165) is 29.5 Å². The number of aromatic nitrogens is 1. The molecule has 0 atom stereocenters. The van der Waals surface area contributed by atoms with Crippen molar-refractivity contribution in [1.82, 2.24) is 14.8 Å². The van der Waals surface area contributed by atoms with Crippen LogP contribution in [0.15, 0.2) is 23.6 Å². The van der Waals surface area contributed by atoms with Crippen LogP contribution in [0.1, 0.15) is 18.2 Å². The smallest absolute Gasteiger partial charge is 0.416 e. The van der Waals surface area contributed by atoms with Crippen molar-refractivity contribution in [3.63, 3.8) is 0 Å². The van der Waals surface area contributed by atoms with Crippen LogP contribution in [-0.4, -0.2) is 65.9 Å². The highest BCUT2D eigenvalue weighted by Crippen LogP contribution is 2.35. The summed E-state index contributed by atoms with van der Waals surface area (Å²) in [4.78, 5) is 43.5. The quantitative estimate of drug-likeness (QED) is 0.678. The summed E-state index contributed by atoms with van der Waals surface area (Å²) in [5.41, 5.74) is -0.674. The van der Waals surface area contributed by atoms with Crippen LogP contribution in [0.3, 0.4) is 0 Å². The number of benzene rings is 1. The zero-order chi connectivity index (χ0) is 24.2. The molecule has 2 heterocycles. The first-order valence-corrected chi connectivity index (χ1v) is 10.8. The second kappa shape index (κ2) is 10.1. The number of hydrogen-bond donors (Lipinski definition) is 2. The zero-order valence-electron chi connectivity index (χ0n) is 17.9. The van der Waals surface area contributed by atoms with Gasteiger partial charge < -0.3 is 19.9 Å². The molecule has 13 heteroatoms. The predicted molar refractivity (Wildman–Crippen MR) is 115 cm³/mol. The van der Waals surface area contributed by atoms with Gasteiger partial charge >= 0.3 is 12.2 Å². The number of alkyl halides is 3. The minimum atomic E-state index is -4.56. The van der Waals surface area contributed by atoms with Crippen molar-refractivity contribution in [1.29, 1.82) is 0 Å². The van der Waals surface area contributed by atoms with Crippen molar-refractivity contribution >= 4 is 40.0 Å². The number of anilines is 2. The maximum atomic E-state index is 13.0. The van der Waals surface area contributed by atoms with Crippen molar-refractivity contribution in [2.45, 2.75) is 19.5 Å². The number of carbonyl (C=O) groups excluding carboxylic acids is 3. The van der Waals surface area contributed by atoms with Gasteiger partial charge in [-0.05, 0) is 18.2 Å². The van der Waals surface area contributed by atoms with Crippen LogP contribution in [0, 0.1) is 0 Å². The zero-order valence-corrected chi connectivity index (χ0v) is 18.7. The van der Waals surface area contributed by atoms with Gasteiger partial charge in [-0.1, -0.05) is 0 Å².